The van der Waals surface area contributed by atoms with Gasteiger partial charge in [-0.15, -0.1) is 0 Å². The number of aliphatic hydroxyl groups is 1. The Kier molecular flexibility index (Phi) is 5.61. The molecule has 0 saturated carbocycles. The lowest BCUT2D eigenvalue weighted by molar-refractivity contribution is -0.202. The van der Waals surface area contributed by atoms with Crippen molar-refractivity contribution >= 4 is 5.91 Å². The van der Waals surface area contributed by atoms with E-state index in [4.69, 9.17) is 5.11 Å². The predicted octanol–water partition coefficient (Wildman–Crippen LogP) is 1.20. The average Bonchev–Trinajstić information content (AvgIpc) is 2.35. The van der Waals surface area contributed by atoms with Crippen LogP contribution in [-0.2, 0) is 4.79 Å². The molecule has 1 atom stereocenters. The Morgan fingerprint density at radius 3 is 2.47 bits per heavy atom. The van der Waals surface area contributed by atoms with Gasteiger partial charge in [-0.25, -0.2) is 0 Å². The van der Waals surface area contributed by atoms with Crippen LogP contribution in [0.3, 0.4) is 0 Å². The van der Waals surface area contributed by atoms with Crippen LogP contribution in [0.2, 0.25) is 0 Å². The first-order valence-corrected chi connectivity index (χ1v) is 6.55. The second-order valence-corrected chi connectivity index (χ2v) is 5.05. The van der Waals surface area contributed by atoms with Crippen LogP contribution in [0.4, 0.5) is 13.2 Å². The Morgan fingerprint density at radius 1 is 1.42 bits per heavy atom. The largest absolute Gasteiger partial charge is 0.416 e. The van der Waals surface area contributed by atoms with Crippen molar-refractivity contribution in [1.82, 2.24) is 10.6 Å². The van der Waals surface area contributed by atoms with Crippen LogP contribution in [0.1, 0.15) is 32.6 Å². The Hall–Kier alpha value is -0.820. The molecule has 0 aromatic heterocycles. The van der Waals surface area contributed by atoms with Crippen molar-refractivity contribution in [3.63, 3.8) is 0 Å². The highest BCUT2D eigenvalue weighted by Crippen LogP contribution is 2.34. The van der Waals surface area contributed by atoms with Gasteiger partial charge in [-0.2, -0.15) is 13.2 Å². The predicted molar refractivity (Wildman–Crippen MR) is 64.5 cm³/mol. The Labute approximate surface area is 110 Å². The van der Waals surface area contributed by atoms with E-state index in [2.05, 4.69) is 10.6 Å². The minimum atomic E-state index is -4.70. The molecule has 3 N–H and O–H groups in total. The topological polar surface area (TPSA) is 61.4 Å². The van der Waals surface area contributed by atoms with Gasteiger partial charge < -0.3 is 15.7 Å². The van der Waals surface area contributed by atoms with Gasteiger partial charge in [0.25, 0.3) is 0 Å². The monoisotopic (exact) mass is 282 g/mol. The van der Waals surface area contributed by atoms with Crippen LogP contribution in [0, 0.1) is 5.41 Å². The summed E-state index contributed by atoms with van der Waals surface area (Å²) >= 11 is 0. The first-order chi connectivity index (χ1) is 8.82. The minimum absolute atomic E-state index is 0.376. The SMILES string of the molecule is CCCC1(C(=O)NCC(O)C(F)(F)F)CCNCC1. The fourth-order valence-corrected chi connectivity index (χ4v) is 2.47. The summed E-state index contributed by atoms with van der Waals surface area (Å²) in [4.78, 5) is 12.1. The number of amides is 1. The number of hydrogen-bond donors (Lipinski definition) is 3. The van der Waals surface area contributed by atoms with Crippen molar-refractivity contribution in [1.29, 1.82) is 0 Å². The summed E-state index contributed by atoms with van der Waals surface area (Å²) in [6.45, 7) is 2.55. The number of piperidine rings is 1. The van der Waals surface area contributed by atoms with Crippen molar-refractivity contribution in [2.75, 3.05) is 19.6 Å². The van der Waals surface area contributed by atoms with E-state index in [1.54, 1.807) is 0 Å². The maximum absolute atomic E-state index is 12.2. The Balaban J connectivity index is 2.58. The van der Waals surface area contributed by atoms with Crippen LogP contribution in [0.25, 0.3) is 0 Å². The molecule has 1 fully saturated rings. The van der Waals surface area contributed by atoms with Gasteiger partial charge in [-0.05, 0) is 32.4 Å². The molecule has 1 amide bonds. The van der Waals surface area contributed by atoms with Gasteiger partial charge in [0, 0.05) is 0 Å². The molecule has 1 aliphatic rings. The van der Waals surface area contributed by atoms with Crippen molar-refractivity contribution in [2.45, 2.75) is 44.9 Å². The van der Waals surface area contributed by atoms with Gasteiger partial charge in [-0.1, -0.05) is 13.3 Å². The van der Waals surface area contributed by atoms with Gasteiger partial charge in [0.05, 0.1) is 12.0 Å². The summed E-state index contributed by atoms with van der Waals surface area (Å²) in [7, 11) is 0. The molecule has 1 aliphatic heterocycles. The number of hydrogen-bond acceptors (Lipinski definition) is 3. The molecule has 0 spiro atoms. The smallest absolute Gasteiger partial charge is 0.382 e. The molecule has 0 aliphatic carbocycles. The van der Waals surface area contributed by atoms with Crippen molar-refractivity contribution in [3.05, 3.63) is 0 Å². The molecule has 19 heavy (non-hydrogen) atoms. The minimum Gasteiger partial charge on any atom is -0.382 e. The third-order valence-corrected chi connectivity index (χ3v) is 3.60. The molecule has 4 nitrogen and oxygen atoms in total. The number of carbonyl (C=O) groups is 1. The maximum atomic E-state index is 12.2. The quantitative estimate of drug-likeness (QED) is 0.710. The highest BCUT2D eigenvalue weighted by molar-refractivity contribution is 5.82. The second kappa shape index (κ2) is 6.56. The van der Waals surface area contributed by atoms with Gasteiger partial charge in [0.2, 0.25) is 5.91 Å². The fourth-order valence-electron chi connectivity index (χ4n) is 2.47. The molecular weight excluding hydrogens is 261 g/mol. The lowest BCUT2D eigenvalue weighted by Gasteiger charge is -2.36. The first kappa shape index (κ1) is 16.2. The number of alkyl halides is 3. The van der Waals surface area contributed by atoms with E-state index in [1.165, 1.54) is 0 Å². The van der Waals surface area contributed by atoms with Crippen LogP contribution >= 0.6 is 0 Å². The molecule has 1 unspecified atom stereocenters. The van der Waals surface area contributed by atoms with E-state index in [-0.39, 0.29) is 5.91 Å². The van der Waals surface area contributed by atoms with Crippen molar-refractivity contribution in [2.24, 2.45) is 5.41 Å². The maximum Gasteiger partial charge on any atom is 0.416 e. The summed E-state index contributed by atoms with van der Waals surface area (Å²) < 4.78 is 36.5. The van der Waals surface area contributed by atoms with Gasteiger partial charge >= 0.3 is 6.18 Å². The van der Waals surface area contributed by atoms with E-state index >= 15 is 0 Å². The van der Waals surface area contributed by atoms with E-state index in [9.17, 15) is 18.0 Å². The zero-order valence-electron chi connectivity index (χ0n) is 11.0. The zero-order valence-corrected chi connectivity index (χ0v) is 11.0. The van der Waals surface area contributed by atoms with Crippen LogP contribution in [-0.4, -0.2) is 42.9 Å². The van der Waals surface area contributed by atoms with E-state index < -0.39 is 24.2 Å². The van der Waals surface area contributed by atoms with Gasteiger partial charge in [0.1, 0.15) is 0 Å². The molecule has 0 aromatic carbocycles. The summed E-state index contributed by atoms with van der Waals surface area (Å²) in [6.07, 6.45) is -4.50. The summed E-state index contributed by atoms with van der Waals surface area (Å²) in [5.41, 5.74) is -0.592. The third-order valence-electron chi connectivity index (χ3n) is 3.60. The zero-order chi connectivity index (χ0) is 14.5. The molecule has 112 valence electrons. The third kappa shape index (κ3) is 4.35. The normalized spacial score (nSPS) is 20.9. The molecule has 0 radical (unpaired) electrons. The lowest BCUT2D eigenvalue weighted by atomic mass is 9.74. The number of carbonyl (C=O) groups excluding carboxylic acids is 1. The van der Waals surface area contributed by atoms with Crippen LogP contribution in [0.15, 0.2) is 0 Å². The summed E-state index contributed by atoms with van der Waals surface area (Å²) in [6, 6.07) is 0. The Bertz CT molecular complexity index is 296. The van der Waals surface area contributed by atoms with Crippen molar-refractivity contribution in [3.8, 4) is 0 Å². The van der Waals surface area contributed by atoms with E-state index in [1.807, 2.05) is 6.92 Å². The number of aliphatic hydroxyl groups excluding tert-OH is 1. The first-order valence-electron chi connectivity index (χ1n) is 6.55. The van der Waals surface area contributed by atoms with E-state index in [0.29, 0.717) is 32.4 Å². The number of nitrogens with one attached hydrogen (secondary N) is 2. The van der Waals surface area contributed by atoms with Gasteiger partial charge in [0.15, 0.2) is 6.10 Å². The molecular formula is C12H21F3N2O2. The lowest BCUT2D eigenvalue weighted by Crippen LogP contribution is -2.50. The fraction of sp³-hybridized carbons (Fsp3) is 0.917. The second-order valence-electron chi connectivity index (χ2n) is 5.05. The van der Waals surface area contributed by atoms with Crippen LogP contribution in [0.5, 0.6) is 0 Å². The highest BCUT2D eigenvalue weighted by Gasteiger charge is 2.41. The standard InChI is InChI=1S/C12H21F3N2O2/c1-2-3-11(4-6-16-7-5-11)10(19)17-8-9(18)12(13,14)15/h9,16,18H,2-8H2,1H3,(H,17,19). The molecule has 1 saturated heterocycles. The molecule has 0 aromatic rings. The summed E-state index contributed by atoms with van der Waals surface area (Å²) in [5.74, 6) is -0.376. The number of halogens is 3. The molecule has 7 heteroatoms. The summed E-state index contributed by atoms with van der Waals surface area (Å²) in [5, 5.41) is 14.3. The molecule has 0 bridgehead atoms. The van der Waals surface area contributed by atoms with Crippen LogP contribution < -0.4 is 10.6 Å². The Morgan fingerprint density at radius 2 is 2.00 bits per heavy atom. The number of rotatable bonds is 5. The average molecular weight is 282 g/mol. The van der Waals surface area contributed by atoms with Crippen molar-refractivity contribution < 1.29 is 23.1 Å². The molecule has 1 heterocycles. The highest BCUT2D eigenvalue weighted by atomic mass is 19.4. The van der Waals surface area contributed by atoms with Gasteiger partial charge in [-0.3, -0.25) is 4.79 Å². The van der Waals surface area contributed by atoms with E-state index in [0.717, 1.165) is 6.42 Å². The molecule has 1 rings (SSSR count).